The molecule has 0 bridgehead atoms. The first-order valence-corrected chi connectivity index (χ1v) is 8.28. The van der Waals surface area contributed by atoms with Gasteiger partial charge in [0.2, 0.25) is 0 Å². The van der Waals surface area contributed by atoms with Crippen molar-refractivity contribution < 1.29 is 9.53 Å². The number of aryl methyl sites for hydroxylation is 1. The summed E-state index contributed by atoms with van der Waals surface area (Å²) < 4.78 is 6.32. The minimum absolute atomic E-state index is 0.139. The molecule has 0 saturated carbocycles. The Morgan fingerprint density at radius 1 is 1.33 bits per heavy atom. The second-order valence-corrected chi connectivity index (χ2v) is 6.09. The Labute approximate surface area is 143 Å². The van der Waals surface area contributed by atoms with Crippen LogP contribution in [-0.4, -0.2) is 38.6 Å². The van der Waals surface area contributed by atoms with Gasteiger partial charge in [-0.3, -0.25) is 9.48 Å². The Hall–Kier alpha value is -2.45. The molecule has 2 aromatic heterocycles. The number of fused-ring (bicyclic) bond motifs is 1. The van der Waals surface area contributed by atoms with E-state index in [9.17, 15) is 4.79 Å². The van der Waals surface area contributed by atoms with Crippen LogP contribution in [0.3, 0.4) is 0 Å². The first kappa shape index (κ1) is 16.4. The van der Waals surface area contributed by atoms with E-state index < -0.39 is 6.04 Å². The summed E-state index contributed by atoms with van der Waals surface area (Å²) >= 11 is 1.21. The van der Waals surface area contributed by atoms with E-state index in [2.05, 4.69) is 19.8 Å². The van der Waals surface area contributed by atoms with Gasteiger partial charge >= 0.3 is 5.97 Å². The molecule has 0 radical (unpaired) electrons. The quantitative estimate of drug-likeness (QED) is 0.428. The molecule has 3 rings (SSSR count). The van der Waals surface area contributed by atoms with Crippen LogP contribution in [0.15, 0.2) is 41.7 Å². The Kier molecular flexibility index (Phi) is 4.77. The number of rotatable bonds is 5. The van der Waals surface area contributed by atoms with Gasteiger partial charge in [-0.1, -0.05) is 42.1 Å². The van der Waals surface area contributed by atoms with Gasteiger partial charge < -0.3 is 10.5 Å². The van der Waals surface area contributed by atoms with Crippen molar-refractivity contribution in [2.75, 3.05) is 12.9 Å². The zero-order valence-corrected chi connectivity index (χ0v) is 14.2. The number of hydrogen-bond acceptors (Lipinski definition) is 7. The summed E-state index contributed by atoms with van der Waals surface area (Å²) in [6.45, 7) is 0. The molecule has 0 aliphatic heterocycles. The van der Waals surface area contributed by atoms with Crippen LogP contribution in [0.5, 0.6) is 0 Å². The number of aromatic nitrogens is 4. The van der Waals surface area contributed by atoms with Gasteiger partial charge in [-0.15, -0.1) is 0 Å². The summed E-state index contributed by atoms with van der Waals surface area (Å²) in [7, 11) is 3.16. The van der Waals surface area contributed by atoms with Crippen LogP contribution in [0, 0.1) is 0 Å². The Balaban J connectivity index is 2.03. The number of hydrogen-bond donors (Lipinski definition) is 1. The lowest BCUT2D eigenvalue weighted by Gasteiger charge is -2.13. The highest BCUT2D eigenvalue weighted by Gasteiger charge is 2.19. The lowest BCUT2D eigenvalue weighted by Crippen LogP contribution is -2.15. The number of benzene rings is 1. The van der Waals surface area contributed by atoms with E-state index >= 15 is 0 Å². The summed E-state index contributed by atoms with van der Waals surface area (Å²) in [5.74, 6) is -0.192. The van der Waals surface area contributed by atoms with E-state index in [4.69, 9.17) is 5.73 Å². The third-order valence-electron chi connectivity index (χ3n) is 3.60. The van der Waals surface area contributed by atoms with Gasteiger partial charge in [-0.25, -0.2) is 9.97 Å². The lowest BCUT2D eigenvalue weighted by atomic mass is 10.0. The molecule has 0 aliphatic rings. The number of nitrogens with two attached hydrogens (primary N) is 1. The monoisotopic (exact) mass is 343 g/mol. The van der Waals surface area contributed by atoms with Crippen LogP contribution in [0.4, 0.5) is 0 Å². The smallest absolute Gasteiger partial charge is 0.316 e. The van der Waals surface area contributed by atoms with Crippen LogP contribution >= 0.6 is 11.8 Å². The third kappa shape index (κ3) is 3.24. The summed E-state index contributed by atoms with van der Waals surface area (Å²) in [5, 5.41) is 5.52. The molecule has 8 heteroatoms. The topological polar surface area (TPSA) is 95.9 Å². The van der Waals surface area contributed by atoms with Gasteiger partial charge in [0.05, 0.1) is 36.2 Å². The minimum atomic E-state index is -0.404. The zero-order chi connectivity index (χ0) is 17.1. The fraction of sp³-hybridized carbons (Fsp3) is 0.250. The van der Waals surface area contributed by atoms with Crippen LogP contribution < -0.4 is 5.73 Å². The van der Waals surface area contributed by atoms with Crippen molar-refractivity contribution >= 4 is 28.8 Å². The second-order valence-electron chi connectivity index (χ2n) is 5.15. The first-order valence-electron chi connectivity index (χ1n) is 7.30. The van der Waals surface area contributed by atoms with E-state index in [0.717, 1.165) is 10.9 Å². The SMILES string of the molecule is COC(=O)CSc1nc(C(N)c2ccccc2)c2cnn(C)c2n1. The van der Waals surface area contributed by atoms with Gasteiger partial charge in [0.1, 0.15) is 0 Å². The highest BCUT2D eigenvalue weighted by molar-refractivity contribution is 7.99. The van der Waals surface area contributed by atoms with Gasteiger partial charge in [-0.05, 0) is 5.56 Å². The number of carbonyl (C=O) groups excluding carboxylic acids is 1. The molecule has 1 unspecified atom stereocenters. The normalized spacial score (nSPS) is 12.3. The van der Waals surface area contributed by atoms with Gasteiger partial charge in [0.15, 0.2) is 10.8 Å². The molecule has 2 heterocycles. The predicted molar refractivity (Wildman–Crippen MR) is 91.5 cm³/mol. The molecule has 7 nitrogen and oxygen atoms in total. The summed E-state index contributed by atoms with van der Waals surface area (Å²) in [6.07, 6.45) is 1.71. The van der Waals surface area contributed by atoms with E-state index in [-0.39, 0.29) is 11.7 Å². The Bertz CT molecular complexity index is 866. The maximum atomic E-state index is 11.4. The third-order valence-corrected chi connectivity index (χ3v) is 4.42. The fourth-order valence-corrected chi connectivity index (χ4v) is 3.00. The van der Waals surface area contributed by atoms with Crippen molar-refractivity contribution in [2.24, 2.45) is 12.8 Å². The number of esters is 1. The maximum absolute atomic E-state index is 11.4. The molecular formula is C16H17N5O2S. The van der Waals surface area contributed by atoms with Gasteiger partial charge in [0, 0.05) is 7.05 Å². The van der Waals surface area contributed by atoms with Crippen molar-refractivity contribution in [3.8, 4) is 0 Å². The van der Waals surface area contributed by atoms with Crippen LogP contribution in [0.25, 0.3) is 11.0 Å². The fourth-order valence-electron chi connectivity index (χ4n) is 2.33. The van der Waals surface area contributed by atoms with Crippen molar-refractivity contribution in [3.63, 3.8) is 0 Å². The molecule has 0 amide bonds. The van der Waals surface area contributed by atoms with Crippen LogP contribution in [-0.2, 0) is 16.6 Å². The Morgan fingerprint density at radius 3 is 2.79 bits per heavy atom. The van der Waals surface area contributed by atoms with Crippen LogP contribution in [0.1, 0.15) is 17.3 Å². The van der Waals surface area contributed by atoms with Crippen LogP contribution in [0.2, 0.25) is 0 Å². The molecule has 24 heavy (non-hydrogen) atoms. The van der Waals surface area contributed by atoms with E-state index in [1.165, 1.54) is 18.9 Å². The first-order chi connectivity index (χ1) is 11.6. The number of thioether (sulfide) groups is 1. The predicted octanol–water partition coefficient (Wildman–Crippen LogP) is 1.68. The number of methoxy groups -OCH3 is 1. The van der Waals surface area contributed by atoms with Crippen molar-refractivity contribution in [1.29, 1.82) is 0 Å². The number of carbonyl (C=O) groups is 1. The highest BCUT2D eigenvalue weighted by atomic mass is 32.2. The molecular weight excluding hydrogens is 326 g/mol. The molecule has 0 aliphatic carbocycles. The van der Waals surface area contributed by atoms with Crippen molar-refractivity contribution in [2.45, 2.75) is 11.2 Å². The standard InChI is InChI=1S/C16H17N5O2S/c1-21-15-11(8-18-21)14(13(17)10-6-4-3-5-7-10)19-16(20-15)24-9-12(22)23-2/h3-8,13H,9,17H2,1-2H3. The summed E-state index contributed by atoms with van der Waals surface area (Å²) in [6, 6.07) is 9.31. The largest absolute Gasteiger partial charge is 0.468 e. The summed E-state index contributed by atoms with van der Waals surface area (Å²) in [4.78, 5) is 20.4. The Morgan fingerprint density at radius 2 is 2.08 bits per heavy atom. The number of ether oxygens (including phenoxy) is 1. The second kappa shape index (κ2) is 6.98. The van der Waals surface area contributed by atoms with Crippen molar-refractivity contribution in [1.82, 2.24) is 19.7 Å². The molecule has 1 aromatic carbocycles. The van der Waals surface area contributed by atoms with E-state index in [1.54, 1.807) is 10.9 Å². The number of nitrogens with zero attached hydrogens (tertiary/aromatic N) is 4. The molecule has 124 valence electrons. The van der Waals surface area contributed by atoms with Gasteiger partial charge in [-0.2, -0.15) is 5.10 Å². The zero-order valence-electron chi connectivity index (χ0n) is 13.3. The van der Waals surface area contributed by atoms with Gasteiger partial charge in [0.25, 0.3) is 0 Å². The van der Waals surface area contributed by atoms with E-state index in [0.29, 0.717) is 16.5 Å². The highest BCUT2D eigenvalue weighted by Crippen LogP contribution is 2.27. The average molecular weight is 343 g/mol. The molecule has 2 N–H and O–H groups in total. The average Bonchev–Trinajstić information content (AvgIpc) is 3.00. The van der Waals surface area contributed by atoms with E-state index in [1.807, 2.05) is 37.4 Å². The minimum Gasteiger partial charge on any atom is -0.468 e. The van der Waals surface area contributed by atoms with Crippen molar-refractivity contribution in [3.05, 3.63) is 47.8 Å². The molecule has 0 saturated heterocycles. The molecule has 0 spiro atoms. The lowest BCUT2D eigenvalue weighted by molar-refractivity contribution is -0.137. The summed E-state index contributed by atoms with van der Waals surface area (Å²) in [5.41, 5.74) is 8.73. The maximum Gasteiger partial charge on any atom is 0.316 e. The molecule has 3 aromatic rings. The molecule has 1 atom stereocenters. The molecule has 0 fully saturated rings.